The molecule has 3 saturated carbocycles. The fraction of sp³-hybridized carbons (Fsp3) is 0.625. The summed E-state index contributed by atoms with van der Waals surface area (Å²) >= 11 is 0. The molecule has 54 heavy (non-hydrogen) atoms. The van der Waals surface area contributed by atoms with Crippen LogP contribution >= 0.6 is 0 Å². The van der Waals surface area contributed by atoms with E-state index in [2.05, 4.69) is 20.7 Å². The minimum Gasteiger partial charge on any atom is -0.483 e. The van der Waals surface area contributed by atoms with Crippen molar-refractivity contribution in [3.8, 4) is 5.75 Å². The van der Waals surface area contributed by atoms with Crippen LogP contribution in [-0.2, 0) is 30.8 Å². The first kappa shape index (κ1) is 36.8. The van der Waals surface area contributed by atoms with Crippen LogP contribution in [0.3, 0.4) is 0 Å². The van der Waals surface area contributed by atoms with Crippen molar-refractivity contribution >= 4 is 44.7 Å². The number of hydrogen-bond acceptors (Lipinski definition) is 8. The number of nitrogens with zero attached hydrogens (tertiary/aromatic N) is 2. The molecule has 1 saturated heterocycles. The van der Waals surface area contributed by atoms with Gasteiger partial charge in [-0.1, -0.05) is 56.0 Å². The van der Waals surface area contributed by atoms with Crippen LogP contribution in [0, 0.1) is 12.8 Å². The monoisotopic (exact) mass is 760 g/mol. The summed E-state index contributed by atoms with van der Waals surface area (Å²) in [4.78, 5) is 63.0. The summed E-state index contributed by atoms with van der Waals surface area (Å²) in [6.45, 7) is 3.62. The van der Waals surface area contributed by atoms with Gasteiger partial charge in [0.1, 0.15) is 29.0 Å². The number of pyridine rings is 1. The molecule has 0 unspecified atom stereocenters. The predicted octanol–water partition coefficient (Wildman–Crippen LogP) is 4.21. The highest BCUT2D eigenvalue weighted by Crippen LogP contribution is 2.49. The van der Waals surface area contributed by atoms with Gasteiger partial charge in [0.2, 0.25) is 21.8 Å². The molecule has 3 aliphatic heterocycles. The minimum atomic E-state index is -3.97. The summed E-state index contributed by atoms with van der Waals surface area (Å²) in [6.07, 6.45) is 13.8. The molecule has 1 spiro atoms. The second-order valence-electron chi connectivity index (χ2n) is 16.9. The van der Waals surface area contributed by atoms with E-state index in [1.54, 1.807) is 6.92 Å². The molecule has 4 N–H and O–H groups in total. The lowest BCUT2D eigenvalue weighted by molar-refractivity contribution is -0.141. The summed E-state index contributed by atoms with van der Waals surface area (Å²) in [6, 6.07) is 5.68. The molecular formula is C40H52N6O7S. The van der Waals surface area contributed by atoms with Crippen LogP contribution in [0.25, 0.3) is 10.9 Å². The van der Waals surface area contributed by atoms with Crippen molar-refractivity contribution in [2.24, 2.45) is 5.92 Å². The van der Waals surface area contributed by atoms with Gasteiger partial charge in [0.25, 0.3) is 5.91 Å². The molecule has 4 heterocycles. The van der Waals surface area contributed by atoms with Gasteiger partial charge in [-0.3, -0.25) is 19.1 Å². The number of carbonyl (C=O) groups excluding carboxylic acids is 4. The van der Waals surface area contributed by atoms with E-state index in [1.165, 1.54) is 4.90 Å². The molecule has 6 aliphatic rings. The number of hydrogen-bond donors (Lipinski definition) is 4. The molecule has 13 nitrogen and oxygen atoms in total. The van der Waals surface area contributed by atoms with Gasteiger partial charge < -0.3 is 25.6 Å². The van der Waals surface area contributed by atoms with Gasteiger partial charge >= 0.3 is 6.03 Å². The van der Waals surface area contributed by atoms with Crippen LogP contribution in [0.2, 0.25) is 0 Å². The molecular weight excluding hydrogens is 709 g/mol. The highest BCUT2D eigenvalue weighted by atomic mass is 32.2. The van der Waals surface area contributed by atoms with E-state index in [1.807, 2.05) is 43.3 Å². The van der Waals surface area contributed by atoms with Gasteiger partial charge in [0.15, 0.2) is 0 Å². The Hall–Kier alpha value is -4.20. The zero-order valence-corrected chi connectivity index (χ0v) is 32.1. The van der Waals surface area contributed by atoms with Crippen LogP contribution < -0.4 is 25.4 Å². The molecule has 3 aliphatic carbocycles. The maximum Gasteiger partial charge on any atom is 0.315 e. The van der Waals surface area contributed by atoms with E-state index in [0.717, 1.165) is 67.1 Å². The van der Waals surface area contributed by atoms with Crippen molar-refractivity contribution in [3.05, 3.63) is 47.7 Å². The summed E-state index contributed by atoms with van der Waals surface area (Å²) in [5.74, 6) is -1.43. The average Bonchev–Trinajstić information content (AvgIpc) is 3.93. The third-order valence-electron chi connectivity index (χ3n) is 12.9. The van der Waals surface area contributed by atoms with Gasteiger partial charge in [-0.25, -0.2) is 18.2 Å². The van der Waals surface area contributed by atoms with Gasteiger partial charge in [0.05, 0.1) is 22.5 Å². The number of nitrogens with one attached hydrogen (secondary N) is 4. The van der Waals surface area contributed by atoms with E-state index < -0.39 is 61.8 Å². The highest BCUT2D eigenvalue weighted by Gasteiger charge is 2.64. The van der Waals surface area contributed by atoms with Crippen molar-refractivity contribution in [1.29, 1.82) is 0 Å². The maximum absolute atomic E-state index is 14.8. The minimum absolute atomic E-state index is 0.0616. The topological polar surface area (TPSA) is 176 Å². The summed E-state index contributed by atoms with van der Waals surface area (Å²) in [5.41, 5.74) is 0.237. The van der Waals surface area contributed by atoms with Gasteiger partial charge in [-0.15, -0.1) is 0 Å². The molecule has 0 bridgehead atoms. The number of urea groups is 1. The van der Waals surface area contributed by atoms with Crippen molar-refractivity contribution in [2.75, 3.05) is 6.54 Å². The van der Waals surface area contributed by atoms with E-state index >= 15 is 0 Å². The molecule has 5 amide bonds. The Balaban J connectivity index is 1.12. The van der Waals surface area contributed by atoms with Crippen LogP contribution in [0.5, 0.6) is 5.75 Å². The molecule has 4 fully saturated rings. The molecule has 14 heteroatoms. The Bertz CT molecular complexity index is 2010. The first-order chi connectivity index (χ1) is 25.8. The quantitative estimate of drug-likeness (QED) is 0.328. The van der Waals surface area contributed by atoms with E-state index in [9.17, 15) is 27.6 Å². The zero-order valence-electron chi connectivity index (χ0n) is 31.2. The van der Waals surface area contributed by atoms with Crippen molar-refractivity contribution in [3.63, 3.8) is 0 Å². The lowest BCUT2D eigenvalue weighted by Gasteiger charge is -2.36. The van der Waals surface area contributed by atoms with E-state index in [-0.39, 0.29) is 31.3 Å². The normalized spacial score (nSPS) is 30.9. The van der Waals surface area contributed by atoms with E-state index in [4.69, 9.17) is 9.72 Å². The standard InChI is InChI=1S/C40H52N6O7S/c1-25-33-29(28-15-10-11-16-30(28)41-25)18-19-39(53-33)23-32-34(47)44-40(36(49)45-54(51,52)38(2)20-21-38)22-26(40)12-6-4-3-5-7-17-31(35(48)46(32)24-39)43-37(50)42-27-13-8-9-14-27/h6,10-12,15-16,26-27,31-32H,3-5,7-9,13-14,17-24H2,1-2H3,(H,44,47)(H,45,49)(H2,42,43,50)/t26-,31+,32+,39-,40-/m1/s1. The Morgan fingerprint density at radius 2 is 1.74 bits per heavy atom. The second kappa shape index (κ2) is 13.8. The lowest BCUT2D eigenvalue weighted by Crippen LogP contribution is -2.59. The first-order valence-electron chi connectivity index (χ1n) is 19.8. The maximum atomic E-state index is 14.8. The number of para-hydroxylation sites is 1. The van der Waals surface area contributed by atoms with Crippen molar-refractivity contribution in [1.82, 2.24) is 30.6 Å². The molecule has 2 aromatic rings. The summed E-state index contributed by atoms with van der Waals surface area (Å²) in [7, 11) is -3.97. The number of sulfonamides is 1. The third kappa shape index (κ3) is 6.83. The Kier molecular flexibility index (Phi) is 9.41. The SMILES string of the molecule is Cc1nc2ccccc2c2c1O[C@]1(CC2)C[C@H]2C(=O)N[C@]3(C(=O)NS(=O)(=O)C4(C)CC4)C[C@H]3C=CCCCCC[C@H](NC(=O)NC3CCCC3)C(=O)N2C1. The number of benzene rings is 1. The first-order valence-corrected chi connectivity index (χ1v) is 21.3. The van der Waals surface area contributed by atoms with Crippen molar-refractivity contribution in [2.45, 2.75) is 144 Å². The molecule has 5 atom stereocenters. The number of aromatic nitrogens is 1. The molecule has 290 valence electrons. The number of allylic oxidation sites excluding steroid dienone is 1. The second-order valence-corrected chi connectivity index (χ2v) is 19.1. The molecule has 8 rings (SSSR count). The predicted molar refractivity (Wildman–Crippen MR) is 202 cm³/mol. The molecule has 0 radical (unpaired) electrons. The zero-order chi connectivity index (χ0) is 37.9. The van der Waals surface area contributed by atoms with Gasteiger partial charge in [-0.05, 0) is 84.1 Å². The largest absolute Gasteiger partial charge is 0.483 e. The smallest absolute Gasteiger partial charge is 0.315 e. The van der Waals surface area contributed by atoms with Gasteiger partial charge in [-0.2, -0.15) is 0 Å². The molecule has 1 aromatic carbocycles. The van der Waals surface area contributed by atoms with Crippen LogP contribution in [0.4, 0.5) is 4.79 Å². The highest BCUT2D eigenvalue weighted by molar-refractivity contribution is 7.91. The summed E-state index contributed by atoms with van der Waals surface area (Å²) in [5, 5.41) is 9.99. The van der Waals surface area contributed by atoms with E-state index in [0.29, 0.717) is 44.3 Å². The fourth-order valence-corrected chi connectivity index (χ4v) is 10.4. The Morgan fingerprint density at radius 1 is 0.981 bits per heavy atom. The molecule has 1 aromatic heterocycles. The van der Waals surface area contributed by atoms with Crippen molar-refractivity contribution < 1.29 is 32.3 Å². The Morgan fingerprint density at radius 3 is 2.52 bits per heavy atom. The third-order valence-corrected chi connectivity index (χ3v) is 15.0. The average molecular weight is 761 g/mol. The Labute approximate surface area is 316 Å². The number of amides is 5. The van der Waals surface area contributed by atoms with Crippen LogP contribution in [0.15, 0.2) is 36.4 Å². The number of rotatable bonds is 5. The lowest BCUT2D eigenvalue weighted by atomic mass is 9.87. The number of carbonyl (C=O) groups is 4. The van der Waals surface area contributed by atoms with Crippen LogP contribution in [0.1, 0.15) is 108 Å². The number of ether oxygens (including phenoxy) is 1. The number of fused-ring (bicyclic) bond motifs is 5. The number of aryl methyl sites for hydroxylation is 2. The fourth-order valence-electron chi connectivity index (χ4n) is 9.10. The van der Waals surface area contributed by atoms with Crippen LogP contribution in [-0.4, -0.2) is 82.6 Å². The van der Waals surface area contributed by atoms with Gasteiger partial charge in [0, 0.05) is 29.3 Å². The summed E-state index contributed by atoms with van der Waals surface area (Å²) < 4.78 is 34.6.